The smallest absolute Gasteiger partial charge is 0.173 e. The van der Waals surface area contributed by atoms with Gasteiger partial charge in [-0.3, -0.25) is 0 Å². The summed E-state index contributed by atoms with van der Waals surface area (Å²) in [6.45, 7) is 2.41. The summed E-state index contributed by atoms with van der Waals surface area (Å²) in [5, 5.41) is 0. The first-order chi connectivity index (χ1) is 16.5. The monoisotopic (exact) mass is 460 g/mol. The Balaban J connectivity index is 1.26. The van der Waals surface area contributed by atoms with Crippen LogP contribution in [0.25, 0.3) is 0 Å². The molecule has 6 aliphatic carbocycles. The van der Waals surface area contributed by atoms with E-state index >= 15 is 0 Å². The first-order valence-corrected chi connectivity index (χ1v) is 13.9. The van der Waals surface area contributed by atoms with Crippen LogP contribution in [-0.4, -0.2) is 18.0 Å². The van der Waals surface area contributed by atoms with Gasteiger partial charge in [-0.2, -0.15) is 0 Å². The standard InChI is InChI=1S/C31H40O3/c1-3-31(34-24-10-6-7-11-24)19-16-27-26-13-12-22-20-25(33-23-8-4-5-9-23)14-18-30(22,21-32)28(26)15-17-29(27,31)2/h1,8,10,20-21,25-28H,4-7,9,11-19H2,2H3/t25?,26-,27-,28+,29-,30+,31?/m0/s1. The third kappa shape index (κ3) is 3.20. The molecule has 182 valence electrons. The van der Waals surface area contributed by atoms with Crippen LogP contribution in [0.15, 0.2) is 35.3 Å². The summed E-state index contributed by atoms with van der Waals surface area (Å²) in [6.07, 6.45) is 29.6. The Morgan fingerprint density at radius 3 is 2.44 bits per heavy atom. The molecule has 0 aromatic heterocycles. The summed E-state index contributed by atoms with van der Waals surface area (Å²) in [6, 6.07) is 0. The van der Waals surface area contributed by atoms with Gasteiger partial charge in [0.15, 0.2) is 5.60 Å². The normalized spacial score (nSPS) is 45.1. The third-order valence-electron chi connectivity index (χ3n) is 10.8. The van der Waals surface area contributed by atoms with Crippen LogP contribution >= 0.6 is 0 Å². The van der Waals surface area contributed by atoms with Crippen molar-refractivity contribution < 1.29 is 14.3 Å². The van der Waals surface area contributed by atoms with E-state index in [0.29, 0.717) is 17.8 Å². The minimum atomic E-state index is -0.482. The van der Waals surface area contributed by atoms with Gasteiger partial charge in [0.25, 0.3) is 0 Å². The van der Waals surface area contributed by atoms with Gasteiger partial charge in [0.05, 0.1) is 16.9 Å². The van der Waals surface area contributed by atoms with Gasteiger partial charge in [0.2, 0.25) is 0 Å². The van der Waals surface area contributed by atoms with Gasteiger partial charge < -0.3 is 14.3 Å². The lowest BCUT2D eigenvalue weighted by Gasteiger charge is -2.58. The molecule has 3 saturated carbocycles. The molecule has 7 atom stereocenters. The Kier molecular flexibility index (Phi) is 5.51. The van der Waals surface area contributed by atoms with E-state index in [1.807, 2.05) is 0 Å². The predicted molar refractivity (Wildman–Crippen MR) is 133 cm³/mol. The Labute approximate surface area is 205 Å². The number of aldehydes is 1. The van der Waals surface area contributed by atoms with Crippen molar-refractivity contribution in [3.8, 4) is 12.3 Å². The maximum Gasteiger partial charge on any atom is 0.173 e. The quantitative estimate of drug-likeness (QED) is 0.251. The molecule has 0 saturated heterocycles. The molecule has 0 radical (unpaired) electrons. The molecule has 6 rings (SSSR count). The Bertz CT molecular complexity index is 981. The number of fused-ring (bicyclic) bond motifs is 5. The molecule has 0 aliphatic heterocycles. The Hall–Kier alpha value is -1.95. The largest absolute Gasteiger partial charge is 0.491 e. The predicted octanol–water partition coefficient (Wildman–Crippen LogP) is 7.04. The zero-order valence-corrected chi connectivity index (χ0v) is 20.8. The summed E-state index contributed by atoms with van der Waals surface area (Å²) >= 11 is 0. The molecule has 0 N–H and O–H groups in total. The number of hydrogen-bond donors (Lipinski definition) is 0. The molecule has 3 nitrogen and oxygen atoms in total. The summed E-state index contributed by atoms with van der Waals surface area (Å²) in [7, 11) is 0. The SMILES string of the molecule is C#CC1(OC2=CCCC2)CC[C@H]2[C@@H]3CCC4=CC(OC5=CCCC5)CC[C@]4(C=O)[C@@H]3CC[C@@]21C. The van der Waals surface area contributed by atoms with Crippen molar-refractivity contribution >= 4 is 6.29 Å². The molecule has 3 heteroatoms. The van der Waals surface area contributed by atoms with E-state index in [-0.39, 0.29) is 16.9 Å². The van der Waals surface area contributed by atoms with E-state index in [0.717, 1.165) is 82.1 Å². The number of hydrogen-bond acceptors (Lipinski definition) is 3. The number of terminal acetylenes is 1. The molecule has 0 amide bonds. The summed E-state index contributed by atoms with van der Waals surface area (Å²) < 4.78 is 13.1. The van der Waals surface area contributed by atoms with Gasteiger partial charge >= 0.3 is 0 Å². The van der Waals surface area contributed by atoms with Crippen molar-refractivity contribution in [3.63, 3.8) is 0 Å². The van der Waals surface area contributed by atoms with Crippen LogP contribution < -0.4 is 0 Å². The van der Waals surface area contributed by atoms with Crippen LogP contribution in [0.1, 0.15) is 96.8 Å². The topological polar surface area (TPSA) is 35.5 Å². The van der Waals surface area contributed by atoms with E-state index in [2.05, 4.69) is 31.1 Å². The minimum absolute atomic E-state index is 0.00704. The Morgan fingerprint density at radius 1 is 0.971 bits per heavy atom. The highest BCUT2D eigenvalue weighted by atomic mass is 16.5. The lowest BCUT2D eigenvalue weighted by atomic mass is 9.46. The van der Waals surface area contributed by atoms with Gasteiger partial charge in [-0.1, -0.05) is 18.4 Å². The van der Waals surface area contributed by atoms with Crippen LogP contribution in [0.3, 0.4) is 0 Å². The fourth-order valence-electron chi connectivity index (χ4n) is 9.04. The first kappa shape index (κ1) is 22.5. The molecule has 6 aliphatic rings. The molecular formula is C31H40O3. The van der Waals surface area contributed by atoms with E-state index in [1.165, 1.54) is 31.1 Å². The minimum Gasteiger partial charge on any atom is -0.491 e. The molecular weight excluding hydrogens is 420 g/mol. The van der Waals surface area contributed by atoms with Gasteiger partial charge in [-0.25, -0.2) is 0 Å². The van der Waals surface area contributed by atoms with Gasteiger partial charge in [-0.05, 0) is 113 Å². The van der Waals surface area contributed by atoms with E-state index in [9.17, 15) is 4.79 Å². The number of carbonyl (C=O) groups is 1. The average Bonchev–Trinajstić information content (AvgIpc) is 3.61. The van der Waals surface area contributed by atoms with Crippen molar-refractivity contribution in [1.82, 2.24) is 0 Å². The van der Waals surface area contributed by atoms with Crippen LogP contribution in [-0.2, 0) is 14.3 Å². The van der Waals surface area contributed by atoms with Crippen LogP contribution in [0.5, 0.6) is 0 Å². The molecule has 0 spiro atoms. The van der Waals surface area contributed by atoms with Crippen molar-refractivity contribution in [2.75, 3.05) is 0 Å². The maximum atomic E-state index is 12.9. The summed E-state index contributed by atoms with van der Waals surface area (Å²) in [5.41, 5.74) is 0.594. The van der Waals surface area contributed by atoms with Gasteiger partial charge in [-0.15, -0.1) is 6.42 Å². The molecule has 0 heterocycles. The number of rotatable bonds is 5. The van der Waals surface area contributed by atoms with E-state index in [4.69, 9.17) is 15.9 Å². The highest BCUT2D eigenvalue weighted by molar-refractivity contribution is 5.67. The van der Waals surface area contributed by atoms with Crippen molar-refractivity contribution in [1.29, 1.82) is 0 Å². The van der Waals surface area contributed by atoms with Gasteiger partial charge in [0.1, 0.15) is 12.4 Å². The Morgan fingerprint density at radius 2 is 1.74 bits per heavy atom. The second-order valence-corrected chi connectivity index (χ2v) is 12.2. The number of allylic oxidation sites excluding steroid dienone is 5. The third-order valence-corrected chi connectivity index (χ3v) is 10.8. The first-order valence-electron chi connectivity index (χ1n) is 13.9. The molecule has 34 heavy (non-hydrogen) atoms. The second kappa shape index (κ2) is 8.32. The summed E-state index contributed by atoms with van der Waals surface area (Å²) in [4.78, 5) is 12.9. The van der Waals surface area contributed by atoms with Crippen LogP contribution in [0.2, 0.25) is 0 Å². The number of ether oxygens (including phenoxy) is 2. The summed E-state index contributed by atoms with van der Waals surface area (Å²) in [5.74, 6) is 7.02. The van der Waals surface area contributed by atoms with Crippen LogP contribution in [0.4, 0.5) is 0 Å². The van der Waals surface area contributed by atoms with Crippen molar-refractivity contribution in [2.45, 2.75) is 109 Å². The maximum absolute atomic E-state index is 12.9. The van der Waals surface area contributed by atoms with Crippen molar-refractivity contribution in [3.05, 3.63) is 35.3 Å². The van der Waals surface area contributed by atoms with E-state index < -0.39 is 5.60 Å². The highest BCUT2D eigenvalue weighted by Gasteiger charge is 2.66. The van der Waals surface area contributed by atoms with Crippen molar-refractivity contribution in [2.24, 2.45) is 28.6 Å². The van der Waals surface area contributed by atoms with Crippen LogP contribution in [0, 0.1) is 40.9 Å². The fourth-order valence-corrected chi connectivity index (χ4v) is 9.04. The average molecular weight is 461 g/mol. The van der Waals surface area contributed by atoms with Gasteiger partial charge in [0, 0.05) is 18.3 Å². The molecule has 0 aromatic rings. The second-order valence-electron chi connectivity index (χ2n) is 12.2. The zero-order chi connectivity index (χ0) is 23.4. The lowest BCUT2D eigenvalue weighted by Crippen LogP contribution is -2.56. The zero-order valence-electron chi connectivity index (χ0n) is 20.8. The molecule has 3 fully saturated rings. The highest BCUT2D eigenvalue weighted by Crippen LogP contribution is 2.68. The molecule has 0 aromatic carbocycles. The lowest BCUT2D eigenvalue weighted by molar-refractivity contribution is -0.135. The van der Waals surface area contributed by atoms with E-state index in [1.54, 1.807) is 0 Å². The fraction of sp³-hybridized carbons (Fsp3) is 0.710. The molecule has 0 bridgehead atoms. The molecule has 2 unspecified atom stereocenters. The number of carbonyl (C=O) groups excluding carboxylic acids is 1.